The predicted octanol–water partition coefficient (Wildman–Crippen LogP) is 2.24. The highest BCUT2D eigenvalue weighted by Gasteiger charge is 2.21. The lowest BCUT2D eigenvalue weighted by Gasteiger charge is -2.10. The van der Waals surface area contributed by atoms with Gasteiger partial charge in [-0.05, 0) is 37.8 Å². The number of amides is 1. The SMILES string of the molecule is CS(=O)(=O)c1ccc(C(=NOC2CCCC2)C(=O)Nc2ncns2)cc1. The van der Waals surface area contributed by atoms with E-state index in [9.17, 15) is 13.2 Å². The molecule has 1 aliphatic carbocycles. The summed E-state index contributed by atoms with van der Waals surface area (Å²) in [5.41, 5.74) is 0.518. The molecule has 0 saturated heterocycles. The summed E-state index contributed by atoms with van der Waals surface area (Å²) in [4.78, 5) is 22.2. The molecule has 1 fully saturated rings. The summed E-state index contributed by atoms with van der Waals surface area (Å²) in [6.07, 6.45) is 6.43. The van der Waals surface area contributed by atoms with Crippen molar-refractivity contribution in [2.24, 2.45) is 5.16 Å². The van der Waals surface area contributed by atoms with Crippen LogP contribution in [0.5, 0.6) is 0 Å². The van der Waals surface area contributed by atoms with E-state index in [4.69, 9.17) is 4.84 Å². The number of oxime groups is 1. The average Bonchev–Trinajstić information content (AvgIpc) is 3.28. The topological polar surface area (TPSA) is 111 Å². The number of sulfone groups is 1. The minimum atomic E-state index is -3.32. The minimum absolute atomic E-state index is 0.00498. The zero-order valence-corrected chi connectivity index (χ0v) is 15.7. The fraction of sp³-hybridized carbons (Fsp3) is 0.375. The van der Waals surface area contributed by atoms with E-state index >= 15 is 0 Å². The molecule has 0 radical (unpaired) electrons. The van der Waals surface area contributed by atoms with Crippen molar-refractivity contribution in [2.45, 2.75) is 36.7 Å². The zero-order chi connectivity index (χ0) is 18.6. The van der Waals surface area contributed by atoms with E-state index < -0.39 is 15.7 Å². The summed E-state index contributed by atoms with van der Waals surface area (Å²) in [6, 6.07) is 5.95. The molecule has 138 valence electrons. The lowest BCUT2D eigenvalue weighted by Crippen LogP contribution is -2.25. The number of anilines is 1. The Morgan fingerprint density at radius 3 is 2.54 bits per heavy atom. The van der Waals surface area contributed by atoms with Crippen LogP contribution in [0.3, 0.4) is 0 Å². The summed E-state index contributed by atoms with van der Waals surface area (Å²) in [6.45, 7) is 0. The van der Waals surface area contributed by atoms with Gasteiger partial charge < -0.3 is 4.84 Å². The molecule has 1 N–H and O–H groups in total. The van der Waals surface area contributed by atoms with E-state index in [0.29, 0.717) is 10.7 Å². The molecule has 8 nitrogen and oxygen atoms in total. The maximum Gasteiger partial charge on any atom is 0.280 e. The van der Waals surface area contributed by atoms with Gasteiger partial charge in [0.25, 0.3) is 5.91 Å². The van der Waals surface area contributed by atoms with E-state index in [-0.39, 0.29) is 16.7 Å². The van der Waals surface area contributed by atoms with E-state index in [0.717, 1.165) is 43.5 Å². The van der Waals surface area contributed by atoms with Gasteiger partial charge in [0, 0.05) is 23.4 Å². The third-order valence-corrected chi connectivity index (χ3v) is 5.66. The third kappa shape index (κ3) is 4.64. The number of carbonyl (C=O) groups excluding carboxylic acids is 1. The second-order valence-corrected chi connectivity index (χ2v) is 8.74. The average molecular weight is 394 g/mol. The normalized spacial score (nSPS) is 15.8. The van der Waals surface area contributed by atoms with Gasteiger partial charge in [-0.25, -0.2) is 13.4 Å². The van der Waals surface area contributed by atoms with Gasteiger partial charge in [0.2, 0.25) is 5.13 Å². The van der Waals surface area contributed by atoms with Gasteiger partial charge in [-0.2, -0.15) is 4.37 Å². The highest BCUT2D eigenvalue weighted by molar-refractivity contribution is 7.90. The Bertz CT molecular complexity index is 887. The van der Waals surface area contributed by atoms with Gasteiger partial charge in [0.05, 0.1) is 4.90 Å². The number of carbonyl (C=O) groups is 1. The molecule has 1 amide bonds. The molecule has 0 unspecified atom stereocenters. The number of hydrogen-bond acceptors (Lipinski definition) is 8. The van der Waals surface area contributed by atoms with Crippen LogP contribution in [0.25, 0.3) is 0 Å². The van der Waals surface area contributed by atoms with Crippen molar-refractivity contribution >= 4 is 38.1 Å². The maximum atomic E-state index is 12.6. The Morgan fingerprint density at radius 2 is 1.96 bits per heavy atom. The summed E-state index contributed by atoms with van der Waals surface area (Å²) in [5, 5.41) is 7.02. The second-order valence-electron chi connectivity index (χ2n) is 5.95. The molecular formula is C16H18N4O4S2. The first-order chi connectivity index (χ1) is 12.4. The van der Waals surface area contributed by atoms with Crippen molar-refractivity contribution in [1.82, 2.24) is 9.36 Å². The fourth-order valence-corrected chi connectivity index (χ4v) is 3.65. The molecule has 1 saturated carbocycles. The third-order valence-electron chi connectivity index (χ3n) is 3.95. The molecule has 0 atom stereocenters. The van der Waals surface area contributed by atoms with Gasteiger partial charge in [-0.3, -0.25) is 10.1 Å². The monoisotopic (exact) mass is 394 g/mol. The Kier molecular flexibility index (Phi) is 5.62. The van der Waals surface area contributed by atoms with Gasteiger partial charge >= 0.3 is 0 Å². The summed E-state index contributed by atoms with van der Waals surface area (Å²) < 4.78 is 27.1. The molecule has 26 heavy (non-hydrogen) atoms. The van der Waals surface area contributed by atoms with E-state index in [1.807, 2.05) is 0 Å². The molecule has 0 aliphatic heterocycles. The highest BCUT2D eigenvalue weighted by Crippen LogP contribution is 2.22. The van der Waals surface area contributed by atoms with Gasteiger partial charge in [0.15, 0.2) is 15.5 Å². The second kappa shape index (κ2) is 7.92. The number of rotatable bonds is 6. The molecule has 1 aliphatic rings. The lowest BCUT2D eigenvalue weighted by atomic mass is 10.1. The number of nitrogens with one attached hydrogen (secondary N) is 1. The highest BCUT2D eigenvalue weighted by atomic mass is 32.2. The maximum absolute atomic E-state index is 12.6. The Balaban J connectivity index is 1.86. The van der Waals surface area contributed by atoms with Crippen LogP contribution in [0.2, 0.25) is 0 Å². The van der Waals surface area contributed by atoms with Crippen LogP contribution < -0.4 is 5.32 Å². The molecule has 1 aromatic heterocycles. The minimum Gasteiger partial charge on any atom is -0.392 e. The predicted molar refractivity (Wildman–Crippen MR) is 98.0 cm³/mol. The molecule has 1 aromatic carbocycles. The number of aromatic nitrogens is 2. The molecule has 0 spiro atoms. The van der Waals surface area contributed by atoms with Crippen LogP contribution >= 0.6 is 11.5 Å². The summed E-state index contributed by atoms with van der Waals surface area (Å²) in [7, 11) is -3.32. The fourth-order valence-electron chi connectivity index (χ4n) is 2.59. The van der Waals surface area contributed by atoms with Crippen molar-refractivity contribution in [3.05, 3.63) is 36.2 Å². The van der Waals surface area contributed by atoms with E-state index in [1.165, 1.54) is 30.6 Å². The Morgan fingerprint density at radius 1 is 1.27 bits per heavy atom. The quantitative estimate of drug-likeness (QED) is 0.594. The molecule has 1 heterocycles. The lowest BCUT2D eigenvalue weighted by molar-refractivity contribution is -0.110. The molecule has 3 rings (SSSR count). The van der Waals surface area contributed by atoms with Crippen molar-refractivity contribution < 1.29 is 18.0 Å². The van der Waals surface area contributed by atoms with Crippen LogP contribution in [-0.2, 0) is 19.5 Å². The first-order valence-corrected chi connectivity index (χ1v) is 10.7. The summed E-state index contributed by atoms with van der Waals surface area (Å²) in [5.74, 6) is -0.494. The van der Waals surface area contributed by atoms with Crippen molar-refractivity contribution in [3.8, 4) is 0 Å². The number of benzene rings is 1. The van der Waals surface area contributed by atoms with Crippen LogP contribution in [0.15, 0.2) is 40.6 Å². The Hall–Kier alpha value is -2.33. The van der Waals surface area contributed by atoms with Gasteiger partial charge in [0.1, 0.15) is 12.4 Å². The molecular weight excluding hydrogens is 376 g/mol. The number of nitrogens with zero attached hydrogens (tertiary/aromatic N) is 3. The van der Waals surface area contributed by atoms with Crippen LogP contribution in [0.4, 0.5) is 5.13 Å². The molecule has 10 heteroatoms. The zero-order valence-electron chi connectivity index (χ0n) is 14.1. The number of hydrogen-bond donors (Lipinski definition) is 1. The largest absolute Gasteiger partial charge is 0.392 e. The molecule has 0 bridgehead atoms. The standard InChI is InChI=1S/C16H18N4O4S2/c1-26(22,23)13-8-6-11(7-9-13)14(20-24-12-4-2-3-5-12)15(21)19-16-17-10-18-25-16/h6-10,12H,2-5H2,1H3,(H,17,18,19,21). The van der Waals surface area contributed by atoms with Crippen LogP contribution in [-0.4, -0.2) is 41.8 Å². The summed E-state index contributed by atoms with van der Waals surface area (Å²) >= 11 is 1.04. The van der Waals surface area contributed by atoms with Gasteiger partial charge in [-0.1, -0.05) is 17.3 Å². The van der Waals surface area contributed by atoms with E-state index in [1.54, 1.807) is 0 Å². The van der Waals surface area contributed by atoms with Crippen molar-refractivity contribution in [2.75, 3.05) is 11.6 Å². The van der Waals surface area contributed by atoms with Crippen molar-refractivity contribution in [3.63, 3.8) is 0 Å². The van der Waals surface area contributed by atoms with Gasteiger partial charge in [-0.15, -0.1) is 0 Å². The smallest absolute Gasteiger partial charge is 0.280 e. The Labute approximate surface area is 155 Å². The van der Waals surface area contributed by atoms with Crippen LogP contribution in [0.1, 0.15) is 31.2 Å². The van der Waals surface area contributed by atoms with Crippen LogP contribution in [0, 0.1) is 0 Å². The van der Waals surface area contributed by atoms with Crippen molar-refractivity contribution in [1.29, 1.82) is 0 Å². The first kappa shape index (κ1) is 18.5. The first-order valence-electron chi connectivity index (χ1n) is 8.06. The van der Waals surface area contributed by atoms with E-state index in [2.05, 4.69) is 19.8 Å². The molecule has 2 aromatic rings.